The Morgan fingerprint density at radius 3 is 2.76 bits per heavy atom. The maximum atomic E-state index is 11.6. The van der Waals surface area contributed by atoms with Crippen LogP contribution in [-0.2, 0) is 9.59 Å². The Morgan fingerprint density at radius 1 is 1.47 bits per heavy atom. The lowest BCUT2D eigenvalue weighted by Crippen LogP contribution is -2.50. The normalized spacial score (nSPS) is 20.9. The summed E-state index contributed by atoms with van der Waals surface area (Å²) in [4.78, 5) is 23.0. The standard InChI is InChI=1S/C12H23N3O2/c1-12(2,3)14-8-6-10(16)15-9-5-4-7-13-11(9)17/h9,14H,4-8H2,1-3H3,(H,13,17)(H,15,16). The third kappa shape index (κ3) is 5.68. The topological polar surface area (TPSA) is 70.2 Å². The Balaban J connectivity index is 2.22. The van der Waals surface area contributed by atoms with Crippen LogP contribution in [0.3, 0.4) is 0 Å². The van der Waals surface area contributed by atoms with Gasteiger partial charge < -0.3 is 16.0 Å². The van der Waals surface area contributed by atoms with E-state index in [1.165, 1.54) is 0 Å². The van der Waals surface area contributed by atoms with Crippen molar-refractivity contribution >= 4 is 11.8 Å². The van der Waals surface area contributed by atoms with Gasteiger partial charge >= 0.3 is 0 Å². The highest BCUT2D eigenvalue weighted by Gasteiger charge is 2.23. The molecule has 5 heteroatoms. The summed E-state index contributed by atoms with van der Waals surface area (Å²) in [6.07, 6.45) is 2.07. The van der Waals surface area contributed by atoms with E-state index in [1.807, 2.05) is 0 Å². The van der Waals surface area contributed by atoms with Gasteiger partial charge in [-0.05, 0) is 33.6 Å². The van der Waals surface area contributed by atoms with E-state index in [9.17, 15) is 9.59 Å². The minimum Gasteiger partial charge on any atom is -0.354 e. The first-order chi connectivity index (χ1) is 7.88. The molecule has 0 aromatic heterocycles. The molecular formula is C12H23N3O2. The highest BCUT2D eigenvalue weighted by molar-refractivity contribution is 5.88. The summed E-state index contributed by atoms with van der Waals surface area (Å²) in [5.74, 6) is -0.128. The molecule has 1 heterocycles. The molecule has 0 saturated carbocycles. The highest BCUT2D eigenvalue weighted by atomic mass is 16.2. The molecule has 1 rings (SSSR count). The summed E-state index contributed by atoms with van der Waals surface area (Å²) < 4.78 is 0. The molecule has 5 nitrogen and oxygen atoms in total. The van der Waals surface area contributed by atoms with Gasteiger partial charge in [0.15, 0.2) is 0 Å². The summed E-state index contributed by atoms with van der Waals surface area (Å²) in [6, 6.07) is -0.342. The average Bonchev–Trinajstić information content (AvgIpc) is 2.19. The molecule has 0 spiro atoms. The molecule has 17 heavy (non-hydrogen) atoms. The van der Waals surface area contributed by atoms with E-state index in [0.717, 1.165) is 19.4 Å². The van der Waals surface area contributed by atoms with E-state index >= 15 is 0 Å². The number of hydrogen-bond acceptors (Lipinski definition) is 3. The molecule has 0 aromatic rings. The van der Waals surface area contributed by atoms with Crippen molar-refractivity contribution < 1.29 is 9.59 Å². The maximum absolute atomic E-state index is 11.6. The number of nitrogens with one attached hydrogen (secondary N) is 3. The van der Waals surface area contributed by atoms with Crippen molar-refractivity contribution in [3.05, 3.63) is 0 Å². The smallest absolute Gasteiger partial charge is 0.242 e. The zero-order chi connectivity index (χ0) is 12.9. The van der Waals surface area contributed by atoms with Gasteiger partial charge in [-0.1, -0.05) is 0 Å². The first-order valence-corrected chi connectivity index (χ1v) is 6.20. The van der Waals surface area contributed by atoms with Crippen LogP contribution in [0.1, 0.15) is 40.0 Å². The Bertz CT molecular complexity index is 284. The largest absolute Gasteiger partial charge is 0.354 e. The molecule has 0 bridgehead atoms. The average molecular weight is 241 g/mol. The zero-order valence-electron chi connectivity index (χ0n) is 10.9. The van der Waals surface area contributed by atoms with Crippen molar-refractivity contribution in [2.75, 3.05) is 13.1 Å². The molecule has 0 aromatic carbocycles. The molecule has 98 valence electrons. The van der Waals surface area contributed by atoms with Gasteiger partial charge in [-0.2, -0.15) is 0 Å². The highest BCUT2D eigenvalue weighted by Crippen LogP contribution is 2.03. The number of carbonyl (C=O) groups excluding carboxylic acids is 2. The number of carbonyl (C=O) groups is 2. The molecule has 0 radical (unpaired) electrons. The third-order valence-electron chi connectivity index (χ3n) is 2.63. The molecule has 1 saturated heterocycles. The van der Waals surface area contributed by atoms with Crippen molar-refractivity contribution in [3.63, 3.8) is 0 Å². The van der Waals surface area contributed by atoms with Gasteiger partial charge in [0, 0.05) is 25.0 Å². The fourth-order valence-electron chi connectivity index (χ4n) is 1.73. The van der Waals surface area contributed by atoms with Crippen molar-refractivity contribution in [1.29, 1.82) is 0 Å². The van der Waals surface area contributed by atoms with Crippen molar-refractivity contribution in [2.45, 2.75) is 51.6 Å². The maximum Gasteiger partial charge on any atom is 0.242 e. The molecule has 1 aliphatic heterocycles. The predicted molar refractivity (Wildman–Crippen MR) is 66.5 cm³/mol. The van der Waals surface area contributed by atoms with E-state index in [4.69, 9.17) is 0 Å². The van der Waals surface area contributed by atoms with Crippen LogP contribution in [0.5, 0.6) is 0 Å². The quantitative estimate of drug-likeness (QED) is 0.656. The first-order valence-electron chi connectivity index (χ1n) is 6.20. The molecular weight excluding hydrogens is 218 g/mol. The number of piperidine rings is 1. The van der Waals surface area contributed by atoms with Crippen LogP contribution >= 0.6 is 0 Å². The number of hydrogen-bond donors (Lipinski definition) is 3. The Labute approximate surface area is 103 Å². The molecule has 0 aliphatic carbocycles. The molecule has 1 aliphatic rings. The SMILES string of the molecule is CC(C)(C)NCCC(=O)NC1CCCNC1=O. The lowest BCUT2D eigenvalue weighted by atomic mass is 10.1. The van der Waals surface area contributed by atoms with Gasteiger partial charge in [-0.15, -0.1) is 0 Å². The Kier molecular flexibility index (Phi) is 4.93. The van der Waals surface area contributed by atoms with Crippen LogP contribution < -0.4 is 16.0 Å². The lowest BCUT2D eigenvalue weighted by molar-refractivity contribution is -0.130. The summed E-state index contributed by atoms with van der Waals surface area (Å²) in [5.41, 5.74) is 0.0164. The molecule has 3 N–H and O–H groups in total. The first kappa shape index (κ1) is 14.0. The Hall–Kier alpha value is -1.10. The van der Waals surface area contributed by atoms with E-state index in [0.29, 0.717) is 13.0 Å². The van der Waals surface area contributed by atoms with E-state index < -0.39 is 0 Å². The molecule has 1 fully saturated rings. The van der Waals surface area contributed by atoms with E-state index in [2.05, 4.69) is 36.7 Å². The second kappa shape index (κ2) is 6.00. The van der Waals surface area contributed by atoms with Crippen LogP contribution in [0.25, 0.3) is 0 Å². The van der Waals surface area contributed by atoms with Gasteiger partial charge in [0.1, 0.15) is 6.04 Å². The minimum absolute atomic E-state index is 0.0164. The fourth-order valence-corrected chi connectivity index (χ4v) is 1.73. The number of rotatable bonds is 4. The summed E-state index contributed by atoms with van der Waals surface area (Å²) in [5, 5.41) is 8.75. The minimum atomic E-state index is -0.342. The lowest BCUT2D eigenvalue weighted by Gasteiger charge is -2.23. The molecule has 2 amide bonds. The summed E-state index contributed by atoms with van der Waals surface area (Å²) >= 11 is 0. The zero-order valence-corrected chi connectivity index (χ0v) is 10.9. The number of amides is 2. The second-order valence-electron chi connectivity index (χ2n) is 5.48. The van der Waals surface area contributed by atoms with Crippen LogP contribution in [0.2, 0.25) is 0 Å². The van der Waals surface area contributed by atoms with Crippen LogP contribution in [0, 0.1) is 0 Å². The van der Waals surface area contributed by atoms with E-state index in [1.54, 1.807) is 0 Å². The fraction of sp³-hybridized carbons (Fsp3) is 0.833. The van der Waals surface area contributed by atoms with Crippen LogP contribution in [-0.4, -0.2) is 36.5 Å². The second-order valence-corrected chi connectivity index (χ2v) is 5.48. The van der Waals surface area contributed by atoms with Gasteiger partial charge in [0.05, 0.1) is 0 Å². The van der Waals surface area contributed by atoms with Gasteiger partial charge in [0.2, 0.25) is 11.8 Å². The van der Waals surface area contributed by atoms with Crippen molar-refractivity contribution in [1.82, 2.24) is 16.0 Å². The monoisotopic (exact) mass is 241 g/mol. The van der Waals surface area contributed by atoms with Gasteiger partial charge in [-0.3, -0.25) is 9.59 Å². The summed E-state index contributed by atoms with van der Waals surface area (Å²) in [7, 11) is 0. The molecule has 1 atom stereocenters. The van der Waals surface area contributed by atoms with E-state index in [-0.39, 0.29) is 23.4 Å². The predicted octanol–water partition coefficient (Wildman–Crippen LogP) is 0.159. The van der Waals surface area contributed by atoms with Crippen molar-refractivity contribution in [3.8, 4) is 0 Å². The van der Waals surface area contributed by atoms with Crippen LogP contribution in [0.15, 0.2) is 0 Å². The van der Waals surface area contributed by atoms with Crippen molar-refractivity contribution in [2.24, 2.45) is 0 Å². The van der Waals surface area contributed by atoms with Crippen LogP contribution in [0.4, 0.5) is 0 Å². The summed E-state index contributed by atoms with van der Waals surface area (Å²) in [6.45, 7) is 7.51. The van der Waals surface area contributed by atoms with Gasteiger partial charge in [-0.25, -0.2) is 0 Å². The Morgan fingerprint density at radius 2 is 2.18 bits per heavy atom. The molecule has 1 unspecified atom stereocenters. The third-order valence-corrected chi connectivity index (χ3v) is 2.63. The van der Waals surface area contributed by atoms with Gasteiger partial charge in [0.25, 0.3) is 0 Å².